The van der Waals surface area contributed by atoms with Crippen molar-refractivity contribution in [3.8, 4) is 11.4 Å². The van der Waals surface area contributed by atoms with Gasteiger partial charge in [0.15, 0.2) is 5.69 Å². The number of nitrogens with zero attached hydrogens (tertiary/aromatic N) is 4. The normalized spacial score (nSPS) is 10.6. The van der Waals surface area contributed by atoms with Crippen LogP contribution in [0, 0.1) is 0 Å². The quantitative estimate of drug-likeness (QED) is 0.562. The molecule has 2 heterocycles. The summed E-state index contributed by atoms with van der Waals surface area (Å²) in [5.41, 5.74) is 2.93. The molecule has 0 fully saturated rings. The number of ether oxygens (including phenoxy) is 1. The molecule has 4 rings (SSSR count). The molecule has 0 aliphatic heterocycles. The predicted octanol–water partition coefficient (Wildman–Crippen LogP) is 3.38. The summed E-state index contributed by atoms with van der Waals surface area (Å²) in [6.45, 7) is 0.642. The molecule has 0 radical (unpaired) electrons. The Morgan fingerprint density at radius 1 is 1.07 bits per heavy atom. The van der Waals surface area contributed by atoms with Gasteiger partial charge in [-0.2, -0.15) is 10.2 Å². The molecule has 0 unspecified atom stereocenters. The summed E-state index contributed by atoms with van der Waals surface area (Å²) in [5, 5.41) is 11.5. The van der Waals surface area contributed by atoms with E-state index in [1.54, 1.807) is 41.1 Å². The maximum Gasteiger partial charge on any atom is 0.276 e. The Hall–Kier alpha value is -3.87. The van der Waals surface area contributed by atoms with Gasteiger partial charge in [0.25, 0.3) is 5.91 Å². The van der Waals surface area contributed by atoms with Crippen molar-refractivity contribution in [2.75, 3.05) is 12.4 Å². The van der Waals surface area contributed by atoms with Gasteiger partial charge in [-0.05, 0) is 35.9 Å². The van der Waals surface area contributed by atoms with Crippen LogP contribution in [0.15, 0.2) is 79.3 Å². The molecule has 0 aliphatic rings. The summed E-state index contributed by atoms with van der Waals surface area (Å²) in [4.78, 5) is 12.5. The number of amides is 1. The Morgan fingerprint density at radius 2 is 1.86 bits per heavy atom. The number of methoxy groups -OCH3 is 1. The lowest BCUT2D eigenvalue weighted by Gasteiger charge is -2.03. The summed E-state index contributed by atoms with van der Waals surface area (Å²) >= 11 is 0. The third-order valence-electron chi connectivity index (χ3n) is 4.24. The first kappa shape index (κ1) is 17.5. The van der Waals surface area contributed by atoms with Gasteiger partial charge >= 0.3 is 0 Å². The van der Waals surface area contributed by atoms with Crippen molar-refractivity contribution < 1.29 is 9.53 Å². The van der Waals surface area contributed by atoms with Crippen LogP contribution in [0.3, 0.4) is 0 Å². The summed E-state index contributed by atoms with van der Waals surface area (Å²) in [6, 6.07) is 19.1. The fraction of sp³-hybridized carbons (Fsp3) is 0.0952. The third-order valence-corrected chi connectivity index (χ3v) is 4.24. The zero-order chi connectivity index (χ0) is 19.3. The van der Waals surface area contributed by atoms with Crippen LogP contribution in [-0.2, 0) is 6.54 Å². The summed E-state index contributed by atoms with van der Waals surface area (Å²) in [5.74, 6) is 0.480. The number of rotatable bonds is 6. The van der Waals surface area contributed by atoms with Crippen molar-refractivity contribution in [2.45, 2.75) is 6.54 Å². The monoisotopic (exact) mass is 373 g/mol. The number of hydrogen-bond acceptors (Lipinski definition) is 4. The van der Waals surface area contributed by atoms with E-state index in [1.165, 1.54) is 0 Å². The van der Waals surface area contributed by atoms with Gasteiger partial charge in [-0.1, -0.05) is 30.3 Å². The minimum Gasteiger partial charge on any atom is -0.497 e. The molecule has 4 aromatic rings. The molecule has 2 aromatic heterocycles. The van der Waals surface area contributed by atoms with Gasteiger partial charge in [-0.15, -0.1) is 0 Å². The Balaban J connectivity index is 1.42. The van der Waals surface area contributed by atoms with E-state index in [0.717, 1.165) is 17.0 Å². The van der Waals surface area contributed by atoms with E-state index in [4.69, 9.17) is 4.74 Å². The largest absolute Gasteiger partial charge is 0.497 e. The first-order valence-corrected chi connectivity index (χ1v) is 8.79. The van der Waals surface area contributed by atoms with Gasteiger partial charge in [0.2, 0.25) is 0 Å². The highest BCUT2D eigenvalue weighted by Crippen LogP contribution is 2.15. The fourth-order valence-corrected chi connectivity index (χ4v) is 2.80. The van der Waals surface area contributed by atoms with Gasteiger partial charge in [0.05, 0.1) is 31.2 Å². The number of aromatic nitrogens is 4. The number of carbonyl (C=O) groups excluding carboxylic acids is 1. The highest BCUT2D eigenvalue weighted by Gasteiger charge is 2.12. The van der Waals surface area contributed by atoms with Crippen molar-refractivity contribution in [3.05, 3.63) is 90.5 Å². The minimum atomic E-state index is -0.286. The molecule has 0 saturated carbocycles. The Morgan fingerprint density at radius 3 is 2.61 bits per heavy atom. The Labute approximate surface area is 162 Å². The molecule has 140 valence electrons. The molecule has 1 N–H and O–H groups in total. The smallest absolute Gasteiger partial charge is 0.276 e. The molecule has 0 aliphatic carbocycles. The van der Waals surface area contributed by atoms with E-state index >= 15 is 0 Å². The molecular weight excluding hydrogens is 354 g/mol. The Bertz CT molecular complexity index is 1070. The van der Waals surface area contributed by atoms with E-state index in [2.05, 4.69) is 15.5 Å². The highest BCUT2D eigenvalue weighted by atomic mass is 16.5. The van der Waals surface area contributed by atoms with Crippen LogP contribution in [0.5, 0.6) is 5.75 Å². The number of carbonyl (C=O) groups is 1. The zero-order valence-electron chi connectivity index (χ0n) is 15.3. The van der Waals surface area contributed by atoms with Crippen LogP contribution in [0.1, 0.15) is 16.1 Å². The summed E-state index contributed by atoms with van der Waals surface area (Å²) in [6.07, 6.45) is 5.17. The summed E-state index contributed by atoms with van der Waals surface area (Å²) in [7, 11) is 1.62. The highest BCUT2D eigenvalue weighted by molar-refractivity contribution is 6.02. The first-order chi connectivity index (χ1) is 13.7. The van der Waals surface area contributed by atoms with E-state index in [1.807, 2.05) is 54.6 Å². The third kappa shape index (κ3) is 3.93. The fourth-order valence-electron chi connectivity index (χ4n) is 2.80. The van der Waals surface area contributed by atoms with Crippen molar-refractivity contribution in [1.29, 1.82) is 0 Å². The molecule has 0 saturated heterocycles. The number of hydrogen-bond donors (Lipinski definition) is 1. The molecule has 0 atom stereocenters. The second-order valence-electron chi connectivity index (χ2n) is 6.21. The van der Waals surface area contributed by atoms with Gasteiger partial charge in [-0.25, -0.2) is 4.68 Å². The lowest BCUT2D eigenvalue weighted by atomic mass is 10.2. The van der Waals surface area contributed by atoms with Gasteiger partial charge in [-0.3, -0.25) is 9.48 Å². The van der Waals surface area contributed by atoms with Crippen LogP contribution in [0.25, 0.3) is 5.69 Å². The second kappa shape index (κ2) is 7.79. The van der Waals surface area contributed by atoms with E-state index < -0.39 is 0 Å². The van der Waals surface area contributed by atoms with Crippen molar-refractivity contribution in [1.82, 2.24) is 19.6 Å². The molecular formula is C21H19N5O2. The lowest BCUT2D eigenvalue weighted by molar-refractivity contribution is 0.102. The Kier molecular flexibility index (Phi) is 4.88. The topological polar surface area (TPSA) is 74.0 Å². The van der Waals surface area contributed by atoms with Gasteiger partial charge in [0, 0.05) is 12.4 Å². The molecule has 0 bridgehead atoms. The first-order valence-electron chi connectivity index (χ1n) is 8.79. The second-order valence-corrected chi connectivity index (χ2v) is 6.21. The molecule has 7 heteroatoms. The maximum absolute atomic E-state index is 12.5. The van der Waals surface area contributed by atoms with Crippen molar-refractivity contribution in [3.63, 3.8) is 0 Å². The van der Waals surface area contributed by atoms with Gasteiger partial charge < -0.3 is 10.1 Å². The van der Waals surface area contributed by atoms with Crippen LogP contribution < -0.4 is 10.1 Å². The minimum absolute atomic E-state index is 0.286. The van der Waals surface area contributed by atoms with Crippen LogP contribution in [0.2, 0.25) is 0 Å². The average molecular weight is 373 g/mol. The number of anilines is 1. The maximum atomic E-state index is 12.5. The lowest BCUT2D eigenvalue weighted by Crippen LogP contribution is -2.12. The van der Waals surface area contributed by atoms with E-state index in [0.29, 0.717) is 17.9 Å². The molecule has 2 aromatic carbocycles. The number of benzene rings is 2. The van der Waals surface area contributed by atoms with E-state index in [9.17, 15) is 4.79 Å². The zero-order valence-corrected chi connectivity index (χ0v) is 15.3. The van der Waals surface area contributed by atoms with Crippen LogP contribution in [-0.4, -0.2) is 32.6 Å². The number of nitrogens with one attached hydrogen (secondary N) is 1. The molecule has 7 nitrogen and oxygen atoms in total. The van der Waals surface area contributed by atoms with Gasteiger partial charge in [0.1, 0.15) is 5.75 Å². The molecule has 28 heavy (non-hydrogen) atoms. The van der Waals surface area contributed by atoms with E-state index in [-0.39, 0.29) is 5.91 Å². The summed E-state index contributed by atoms with van der Waals surface area (Å²) < 4.78 is 8.58. The SMILES string of the molecule is COc1ccc(-n2ccc(C(=O)Nc3cnn(Cc4ccccc4)c3)n2)cc1. The van der Waals surface area contributed by atoms with Crippen LogP contribution in [0.4, 0.5) is 5.69 Å². The average Bonchev–Trinajstić information content (AvgIpc) is 3.39. The van der Waals surface area contributed by atoms with Crippen LogP contribution >= 0.6 is 0 Å². The molecule has 1 amide bonds. The standard InChI is InChI=1S/C21H19N5O2/c1-28-19-9-7-18(8-10-19)26-12-11-20(24-26)21(27)23-17-13-22-25(15-17)14-16-5-3-2-4-6-16/h2-13,15H,14H2,1H3,(H,23,27). The van der Waals surface area contributed by atoms with Crippen molar-refractivity contribution >= 4 is 11.6 Å². The van der Waals surface area contributed by atoms with Crippen molar-refractivity contribution in [2.24, 2.45) is 0 Å². The molecule has 0 spiro atoms. The predicted molar refractivity (Wildman–Crippen MR) is 106 cm³/mol.